The molecule has 2 heterocycles. The van der Waals surface area contributed by atoms with Gasteiger partial charge in [-0.2, -0.15) is 0 Å². The SMILES string of the molecule is Cc1nc(C(=O)[CH]C2CCCCN2)c(-c2ccccc2C(N)=O)s1. The van der Waals surface area contributed by atoms with Crippen LogP contribution in [0, 0.1) is 13.3 Å². The summed E-state index contributed by atoms with van der Waals surface area (Å²) in [6.07, 6.45) is 4.94. The number of nitrogens with zero attached hydrogens (tertiary/aromatic N) is 1. The van der Waals surface area contributed by atoms with Crippen LogP contribution in [0.1, 0.15) is 45.1 Å². The van der Waals surface area contributed by atoms with Gasteiger partial charge in [-0.3, -0.25) is 9.59 Å². The number of rotatable bonds is 5. The fraction of sp³-hybridized carbons (Fsp3) is 0.333. The maximum absolute atomic E-state index is 12.7. The second-order valence-electron chi connectivity index (χ2n) is 5.91. The Morgan fingerprint density at radius 1 is 1.33 bits per heavy atom. The first-order valence-corrected chi connectivity index (χ1v) is 8.87. The summed E-state index contributed by atoms with van der Waals surface area (Å²) >= 11 is 1.41. The van der Waals surface area contributed by atoms with Gasteiger partial charge in [0.25, 0.3) is 0 Å². The number of hydrogen-bond acceptors (Lipinski definition) is 5. The van der Waals surface area contributed by atoms with E-state index in [1.165, 1.54) is 11.3 Å². The highest BCUT2D eigenvalue weighted by Gasteiger charge is 2.24. The van der Waals surface area contributed by atoms with Crippen LogP contribution in [0.25, 0.3) is 10.4 Å². The maximum atomic E-state index is 12.7. The van der Waals surface area contributed by atoms with Gasteiger partial charge in [0.05, 0.1) is 16.3 Å². The lowest BCUT2D eigenvalue weighted by Gasteiger charge is -2.22. The zero-order valence-electron chi connectivity index (χ0n) is 13.5. The molecule has 0 bridgehead atoms. The molecule has 1 saturated heterocycles. The van der Waals surface area contributed by atoms with E-state index in [9.17, 15) is 9.59 Å². The Labute approximate surface area is 145 Å². The number of nitrogens with one attached hydrogen (secondary N) is 1. The molecule has 1 fully saturated rings. The number of piperidine rings is 1. The largest absolute Gasteiger partial charge is 0.366 e. The number of ketones is 1. The molecule has 125 valence electrons. The number of aromatic nitrogens is 1. The highest BCUT2D eigenvalue weighted by molar-refractivity contribution is 7.15. The van der Waals surface area contributed by atoms with Crippen molar-refractivity contribution in [2.45, 2.75) is 32.2 Å². The number of nitrogens with two attached hydrogens (primary N) is 1. The van der Waals surface area contributed by atoms with Crippen LogP contribution in [-0.4, -0.2) is 29.3 Å². The van der Waals surface area contributed by atoms with Crippen molar-refractivity contribution in [2.24, 2.45) is 5.73 Å². The summed E-state index contributed by atoms with van der Waals surface area (Å²) in [7, 11) is 0. The molecule has 1 atom stereocenters. The molecule has 0 aliphatic carbocycles. The molecule has 1 aliphatic heterocycles. The second kappa shape index (κ2) is 7.23. The smallest absolute Gasteiger partial charge is 0.249 e. The quantitative estimate of drug-likeness (QED) is 0.818. The number of carbonyl (C=O) groups excluding carboxylic acids is 2. The number of thiazole rings is 1. The van der Waals surface area contributed by atoms with Crippen molar-refractivity contribution in [3.63, 3.8) is 0 Å². The number of benzene rings is 1. The molecular weight excluding hydrogens is 322 g/mol. The van der Waals surface area contributed by atoms with Gasteiger partial charge in [0.2, 0.25) is 5.91 Å². The van der Waals surface area contributed by atoms with Crippen molar-refractivity contribution in [1.29, 1.82) is 0 Å². The third kappa shape index (κ3) is 3.55. The van der Waals surface area contributed by atoms with Crippen LogP contribution in [0.3, 0.4) is 0 Å². The fourth-order valence-corrected chi connectivity index (χ4v) is 3.92. The van der Waals surface area contributed by atoms with Gasteiger partial charge in [-0.1, -0.05) is 24.6 Å². The molecule has 5 nitrogen and oxygen atoms in total. The topological polar surface area (TPSA) is 85.1 Å². The molecule has 2 aromatic rings. The molecule has 1 aromatic heterocycles. The third-order valence-corrected chi connectivity index (χ3v) is 5.11. The van der Waals surface area contributed by atoms with E-state index in [1.807, 2.05) is 19.1 Å². The highest BCUT2D eigenvalue weighted by atomic mass is 32.1. The summed E-state index contributed by atoms with van der Waals surface area (Å²) in [4.78, 5) is 29.6. The van der Waals surface area contributed by atoms with Crippen LogP contribution in [0.5, 0.6) is 0 Å². The van der Waals surface area contributed by atoms with Crippen LogP contribution in [-0.2, 0) is 0 Å². The lowest BCUT2D eigenvalue weighted by atomic mass is 9.97. The molecule has 1 unspecified atom stereocenters. The summed E-state index contributed by atoms with van der Waals surface area (Å²) in [5.41, 5.74) is 6.96. The van der Waals surface area contributed by atoms with Crippen molar-refractivity contribution in [3.8, 4) is 10.4 Å². The van der Waals surface area contributed by atoms with E-state index in [-0.39, 0.29) is 11.8 Å². The number of Topliss-reactive ketones (excluding diaryl/α,β-unsaturated/α-hetero) is 1. The molecule has 24 heavy (non-hydrogen) atoms. The molecule has 1 amide bonds. The van der Waals surface area contributed by atoms with Gasteiger partial charge >= 0.3 is 0 Å². The van der Waals surface area contributed by atoms with E-state index in [0.29, 0.717) is 21.7 Å². The lowest BCUT2D eigenvalue weighted by Crippen LogP contribution is -2.36. The minimum atomic E-state index is -0.507. The molecule has 3 rings (SSSR count). The first-order valence-electron chi connectivity index (χ1n) is 8.05. The molecule has 0 spiro atoms. The molecule has 1 aromatic carbocycles. The minimum Gasteiger partial charge on any atom is -0.366 e. The first-order chi connectivity index (χ1) is 11.6. The fourth-order valence-electron chi connectivity index (χ4n) is 2.96. The summed E-state index contributed by atoms with van der Waals surface area (Å²) in [6.45, 7) is 2.79. The van der Waals surface area contributed by atoms with Crippen molar-refractivity contribution >= 4 is 23.0 Å². The van der Waals surface area contributed by atoms with Crippen LogP contribution < -0.4 is 11.1 Å². The van der Waals surface area contributed by atoms with Crippen molar-refractivity contribution in [3.05, 3.63) is 47.0 Å². The Morgan fingerprint density at radius 2 is 2.12 bits per heavy atom. The molecule has 6 heteroatoms. The number of carbonyl (C=O) groups is 2. The van der Waals surface area contributed by atoms with Crippen molar-refractivity contribution in [1.82, 2.24) is 10.3 Å². The Morgan fingerprint density at radius 3 is 2.83 bits per heavy atom. The maximum Gasteiger partial charge on any atom is 0.249 e. The summed E-state index contributed by atoms with van der Waals surface area (Å²) in [6, 6.07) is 7.16. The van der Waals surface area contributed by atoms with E-state index in [2.05, 4.69) is 10.3 Å². The number of primary amides is 1. The van der Waals surface area contributed by atoms with Crippen molar-refractivity contribution < 1.29 is 9.59 Å². The van der Waals surface area contributed by atoms with Crippen LogP contribution >= 0.6 is 11.3 Å². The molecule has 1 radical (unpaired) electrons. The zero-order valence-corrected chi connectivity index (χ0v) is 14.4. The van der Waals surface area contributed by atoms with Gasteiger partial charge in [-0.15, -0.1) is 11.3 Å². The summed E-state index contributed by atoms with van der Waals surface area (Å²) in [5.74, 6) is -0.610. The van der Waals surface area contributed by atoms with E-state index < -0.39 is 5.91 Å². The Kier molecular flexibility index (Phi) is 5.06. The van der Waals surface area contributed by atoms with Gasteiger partial charge in [0.1, 0.15) is 5.69 Å². The predicted octanol–water partition coefficient (Wildman–Crippen LogP) is 2.75. The van der Waals surface area contributed by atoms with E-state index in [0.717, 1.165) is 30.8 Å². The van der Waals surface area contributed by atoms with Crippen molar-refractivity contribution in [2.75, 3.05) is 6.54 Å². The molecule has 3 N–H and O–H groups in total. The van der Waals surface area contributed by atoms with Gasteiger partial charge < -0.3 is 11.1 Å². The number of aryl methyl sites for hydroxylation is 1. The first kappa shape index (κ1) is 16.8. The highest BCUT2D eigenvalue weighted by Crippen LogP contribution is 2.33. The Balaban J connectivity index is 1.93. The third-order valence-electron chi connectivity index (χ3n) is 4.11. The average Bonchev–Trinajstić information content (AvgIpc) is 2.97. The monoisotopic (exact) mass is 342 g/mol. The molecule has 1 aliphatic rings. The minimum absolute atomic E-state index is 0.0903. The Hall–Kier alpha value is -2.05. The summed E-state index contributed by atoms with van der Waals surface area (Å²) < 4.78 is 0. The zero-order chi connectivity index (χ0) is 17.1. The molecular formula is C18H20N3O2S. The molecule has 0 saturated carbocycles. The van der Waals surface area contributed by atoms with Gasteiger partial charge in [-0.05, 0) is 32.4 Å². The van der Waals surface area contributed by atoms with E-state index in [1.54, 1.807) is 18.6 Å². The second-order valence-corrected chi connectivity index (χ2v) is 7.11. The van der Waals surface area contributed by atoms with Crippen LogP contribution in [0.4, 0.5) is 0 Å². The van der Waals surface area contributed by atoms with Crippen LogP contribution in [0.15, 0.2) is 24.3 Å². The van der Waals surface area contributed by atoms with E-state index in [4.69, 9.17) is 5.73 Å². The summed E-state index contributed by atoms with van der Waals surface area (Å²) in [5, 5.41) is 4.13. The predicted molar refractivity (Wildman–Crippen MR) is 95.1 cm³/mol. The van der Waals surface area contributed by atoms with Gasteiger partial charge in [0, 0.05) is 17.2 Å². The van der Waals surface area contributed by atoms with Gasteiger partial charge in [-0.25, -0.2) is 4.98 Å². The lowest BCUT2D eigenvalue weighted by molar-refractivity contribution is 0.0994. The number of amides is 1. The standard InChI is InChI=1S/C18H20N3O2S/c1-11-21-16(15(22)10-12-6-4-5-9-20-12)17(24-11)13-7-2-3-8-14(13)18(19)23/h2-3,7-8,10,12,20H,4-6,9H2,1H3,(H2,19,23). The average molecular weight is 342 g/mol. The van der Waals surface area contributed by atoms with E-state index >= 15 is 0 Å². The normalized spacial score (nSPS) is 17.6. The van der Waals surface area contributed by atoms with Gasteiger partial charge in [0.15, 0.2) is 5.78 Å². The number of hydrogen-bond donors (Lipinski definition) is 2. The Bertz CT molecular complexity index is 763. The van der Waals surface area contributed by atoms with Crippen LogP contribution in [0.2, 0.25) is 0 Å².